The molecule has 1 aromatic carbocycles. The molecule has 2 amide bonds. The van der Waals surface area contributed by atoms with E-state index in [1.165, 1.54) is 6.92 Å². The first kappa shape index (κ1) is 19.8. The van der Waals surface area contributed by atoms with E-state index in [0.29, 0.717) is 23.7 Å². The van der Waals surface area contributed by atoms with Crippen molar-refractivity contribution >= 4 is 23.3 Å². The molecule has 1 aromatic rings. The second-order valence-electron chi connectivity index (χ2n) is 6.65. The largest absolute Gasteiger partial charge is 0.344 e. The molecule has 0 unspecified atom stereocenters. The molecule has 0 aliphatic heterocycles. The minimum atomic E-state index is -0.710. The Hall–Kier alpha value is -2.21. The Balaban J connectivity index is 2.64. The zero-order valence-corrected chi connectivity index (χ0v) is 15.1. The maximum atomic E-state index is 12.1. The number of carbonyl (C=O) groups excluding carboxylic acids is 3. The number of ketones is 1. The molecule has 1 rings (SSSR count). The Morgan fingerprint density at radius 1 is 1.04 bits per heavy atom. The van der Waals surface area contributed by atoms with Crippen LogP contribution < -0.4 is 10.6 Å². The van der Waals surface area contributed by atoms with Crippen molar-refractivity contribution < 1.29 is 14.4 Å². The topological polar surface area (TPSA) is 78.5 Å². The standard InChI is InChI=1S/C18H27N3O3/c1-12(2)10-16(11-21(4)5)20-18(24)17(23)19-15-8-6-14(7-9-15)13(3)22/h6-9,12,16H,10-11H2,1-5H3,(H,19,23)(H,20,24)/t16-/m0/s1. The van der Waals surface area contributed by atoms with Crippen LogP contribution in [-0.4, -0.2) is 49.2 Å². The molecule has 0 fully saturated rings. The quantitative estimate of drug-likeness (QED) is 0.590. The van der Waals surface area contributed by atoms with Crippen LogP contribution in [0.3, 0.4) is 0 Å². The molecule has 0 spiro atoms. The number of carbonyl (C=O) groups is 3. The van der Waals surface area contributed by atoms with E-state index in [9.17, 15) is 14.4 Å². The Labute approximate surface area is 143 Å². The van der Waals surface area contributed by atoms with Gasteiger partial charge < -0.3 is 15.5 Å². The van der Waals surface area contributed by atoms with Crippen molar-refractivity contribution in [2.45, 2.75) is 33.2 Å². The number of benzene rings is 1. The number of hydrogen-bond donors (Lipinski definition) is 2. The molecule has 0 saturated carbocycles. The number of nitrogens with one attached hydrogen (secondary N) is 2. The van der Waals surface area contributed by atoms with E-state index in [1.54, 1.807) is 24.3 Å². The van der Waals surface area contributed by atoms with Crippen LogP contribution in [0, 0.1) is 5.92 Å². The van der Waals surface area contributed by atoms with Crippen molar-refractivity contribution in [3.63, 3.8) is 0 Å². The minimum absolute atomic E-state index is 0.0502. The highest BCUT2D eigenvalue weighted by Gasteiger charge is 2.20. The van der Waals surface area contributed by atoms with E-state index in [-0.39, 0.29) is 11.8 Å². The number of nitrogens with zero attached hydrogens (tertiary/aromatic N) is 1. The number of likely N-dealkylation sites (N-methyl/N-ethyl adjacent to an activating group) is 1. The van der Waals surface area contributed by atoms with E-state index in [2.05, 4.69) is 24.5 Å². The lowest BCUT2D eigenvalue weighted by molar-refractivity contribution is -0.136. The van der Waals surface area contributed by atoms with E-state index >= 15 is 0 Å². The van der Waals surface area contributed by atoms with Gasteiger partial charge in [0.25, 0.3) is 0 Å². The third kappa shape index (κ3) is 6.91. The molecule has 0 bridgehead atoms. The summed E-state index contributed by atoms with van der Waals surface area (Å²) in [5, 5.41) is 5.33. The average Bonchev–Trinajstić information content (AvgIpc) is 2.46. The van der Waals surface area contributed by atoms with E-state index in [4.69, 9.17) is 0 Å². The minimum Gasteiger partial charge on any atom is -0.344 e. The molecule has 132 valence electrons. The maximum Gasteiger partial charge on any atom is 0.313 e. The predicted octanol–water partition coefficient (Wildman–Crippen LogP) is 1.92. The zero-order valence-electron chi connectivity index (χ0n) is 15.1. The summed E-state index contributed by atoms with van der Waals surface area (Å²) in [6.45, 7) is 6.29. The second-order valence-corrected chi connectivity index (χ2v) is 6.65. The van der Waals surface area contributed by atoms with Gasteiger partial charge in [0.1, 0.15) is 0 Å². The third-order valence-corrected chi connectivity index (χ3v) is 3.43. The molecule has 24 heavy (non-hydrogen) atoms. The average molecular weight is 333 g/mol. The van der Waals surface area contributed by atoms with Gasteiger partial charge in [-0.15, -0.1) is 0 Å². The fourth-order valence-electron chi connectivity index (χ4n) is 2.42. The monoisotopic (exact) mass is 333 g/mol. The molecule has 1 atom stereocenters. The maximum absolute atomic E-state index is 12.1. The molecular formula is C18H27N3O3. The van der Waals surface area contributed by atoms with Gasteiger partial charge in [0.15, 0.2) is 5.78 Å². The Morgan fingerprint density at radius 2 is 1.62 bits per heavy atom. The smallest absolute Gasteiger partial charge is 0.313 e. The summed E-state index contributed by atoms with van der Waals surface area (Å²) in [6, 6.07) is 6.35. The number of Topliss-reactive ketones (excluding diaryl/α,β-unsaturated/α-hetero) is 1. The summed E-state index contributed by atoms with van der Waals surface area (Å²) in [5.41, 5.74) is 1.04. The van der Waals surface area contributed by atoms with Crippen LogP contribution in [0.4, 0.5) is 5.69 Å². The highest BCUT2D eigenvalue weighted by molar-refractivity contribution is 6.39. The fraction of sp³-hybridized carbons (Fsp3) is 0.500. The van der Waals surface area contributed by atoms with Gasteiger partial charge >= 0.3 is 11.8 Å². The van der Waals surface area contributed by atoms with Gasteiger partial charge in [-0.3, -0.25) is 14.4 Å². The molecule has 0 aliphatic carbocycles. The molecule has 6 heteroatoms. The van der Waals surface area contributed by atoms with E-state index < -0.39 is 11.8 Å². The van der Waals surface area contributed by atoms with Gasteiger partial charge in [-0.25, -0.2) is 0 Å². The predicted molar refractivity (Wildman–Crippen MR) is 95.0 cm³/mol. The first-order valence-corrected chi connectivity index (χ1v) is 8.06. The molecule has 6 nitrogen and oxygen atoms in total. The van der Waals surface area contributed by atoms with Gasteiger partial charge in [-0.2, -0.15) is 0 Å². The van der Waals surface area contributed by atoms with Crippen LogP contribution in [0.1, 0.15) is 37.6 Å². The Kier molecular flexibility index (Phi) is 7.58. The molecule has 0 aromatic heterocycles. The number of hydrogen-bond acceptors (Lipinski definition) is 4. The van der Waals surface area contributed by atoms with E-state index in [0.717, 1.165) is 6.42 Å². The van der Waals surface area contributed by atoms with Crippen LogP contribution in [0.15, 0.2) is 24.3 Å². The second kappa shape index (κ2) is 9.17. The summed E-state index contributed by atoms with van der Waals surface area (Å²) >= 11 is 0. The first-order chi connectivity index (χ1) is 11.2. The van der Waals surface area contributed by atoms with Crippen molar-refractivity contribution in [2.24, 2.45) is 5.92 Å². The summed E-state index contributed by atoms with van der Waals surface area (Å²) < 4.78 is 0. The van der Waals surface area contributed by atoms with Crippen LogP contribution in [-0.2, 0) is 9.59 Å². The van der Waals surface area contributed by atoms with Crippen LogP contribution in [0.5, 0.6) is 0 Å². The lowest BCUT2D eigenvalue weighted by Gasteiger charge is -2.23. The van der Waals surface area contributed by atoms with Gasteiger partial charge in [0.2, 0.25) is 0 Å². The van der Waals surface area contributed by atoms with Gasteiger partial charge in [0.05, 0.1) is 0 Å². The molecule has 0 radical (unpaired) electrons. The van der Waals surface area contributed by atoms with Crippen molar-refractivity contribution in [2.75, 3.05) is 26.0 Å². The van der Waals surface area contributed by atoms with Gasteiger partial charge in [0, 0.05) is 23.8 Å². The molecule has 0 aliphatic rings. The molecule has 2 N–H and O–H groups in total. The van der Waals surface area contributed by atoms with Crippen molar-refractivity contribution in [1.29, 1.82) is 0 Å². The number of amides is 2. The SMILES string of the molecule is CC(=O)c1ccc(NC(=O)C(=O)N[C@@H](CC(C)C)CN(C)C)cc1. The first-order valence-electron chi connectivity index (χ1n) is 8.06. The normalized spacial score (nSPS) is 12.1. The van der Waals surface area contributed by atoms with Crippen LogP contribution in [0.2, 0.25) is 0 Å². The number of anilines is 1. The lowest BCUT2D eigenvalue weighted by Crippen LogP contribution is -2.46. The van der Waals surface area contributed by atoms with Gasteiger partial charge in [-0.1, -0.05) is 13.8 Å². The highest BCUT2D eigenvalue weighted by atomic mass is 16.2. The molecular weight excluding hydrogens is 306 g/mol. The highest BCUT2D eigenvalue weighted by Crippen LogP contribution is 2.10. The van der Waals surface area contributed by atoms with Crippen LogP contribution in [0.25, 0.3) is 0 Å². The van der Waals surface area contributed by atoms with Gasteiger partial charge in [-0.05, 0) is 57.6 Å². The Bertz CT molecular complexity index is 570. The summed E-state index contributed by atoms with van der Waals surface area (Å²) in [5.74, 6) is -1.00. The fourth-order valence-corrected chi connectivity index (χ4v) is 2.42. The third-order valence-electron chi connectivity index (χ3n) is 3.43. The molecule has 0 saturated heterocycles. The van der Waals surface area contributed by atoms with Crippen LogP contribution >= 0.6 is 0 Å². The van der Waals surface area contributed by atoms with E-state index in [1.807, 2.05) is 19.0 Å². The van der Waals surface area contributed by atoms with Crippen molar-refractivity contribution in [1.82, 2.24) is 10.2 Å². The van der Waals surface area contributed by atoms with Crippen molar-refractivity contribution in [3.05, 3.63) is 29.8 Å². The summed E-state index contributed by atoms with van der Waals surface area (Å²) in [7, 11) is 3.85. The zero-order chi connectivity index (χ0) is 18.3. The summed E-state index contributed by atoms with van der Waals surface area (Å²) in [4.78, 5) is 37.3. The lowest BCUT2D eigenvalue weighted by atomic mass is 10.0. The summed E-state index contributed by atoms with van der Waals surface area (Å²) in [6.07, 6.45) is 0.796. The Morgan fingerprint density at radius 3 is 2.08 bits per heavy atom. The molecule has 0 heterocycles. The van der Waals surface area contributed by atoms with Crippen molar-refractivity contribution in [3.8, 4) is 0 Å². The number of rotatable bonds is 7.